The van der Waals surface area contributed by atoms with Gasteiger partial charge in [-0.05, 0) is 17.2 Å². The number of hydrogen-bond donors (Lipinski definition) is 1. The Morgan fingerprint density at radius 1 is 0.778 bits per heavy atom. The molecule has 0 aliphatic carbocycles. The Balaban J connectivity index is 0.000000411. The van der Waals surface area contributed by atoms with Gasteiger partial charge in [0.05, 0.1) is 27.2 Å². The second kappa shape index (κ2) is 11.4. The largest absolute Gasteiger partial charge is 0.576 e. The fourth-order valence-corrected chi connectivity index (χ4v) is 4.70. The van der Waals surface area contributed by atoms with E-state index in [0.717, 1.165) is 11.1 Å². The summed E-state index contributed by atoms with van der Waals surface area (Å²) in [4.78, 5) is 0. The Morgan fingerprint density at radius 2 is 1.30 bits per heavy atom. The molecule has 0 unspecified atom stereocenters. The number of sulfonamides is 2. The van der Waals surface area contributed by atoms with E-state index in [2.05, 4.69) is 9.44 Å². The molecule has 0 bridgehead atoms. The third kappa shape index (κ3) is 7.58. The smallest absolute Gasteiger partial charge is 0.237 e. The van der Waals surface area contributed by atoms with Crippen molar-refractivity contribution in [2.24, 2.45) is 0 Å². The third-order valence-corrected chi connectivity index (χ3v) is 5.57. The molecule has 4 rings (SSSR count). The fraction of sp³-hybridized carbons (Fsp3) is 0.333. The van der Waals surface area contributed by atoms with Gasteiger partial charge in [0.1, 0.15) is 0 Å². The van der Waals surface area contributed by atoms with Gasteiger partial charge >= 0.3 is 0 Å². The van der Waals surface area contributed by atoms with Crippen LogP contribution in [0.4, 0.5) is 11.4 Å². The van der Waals surface area contributed by atoms with Crippen LogP contribution in [0.2, 0.25) is 0 Å². The van der Waals surface area contributed by atoms with Crippen LogP contribution in [-0.2, 0) is 50.1 Å². The van der Waals surface area contributed by atoms with E-state index in [1.807, 2.05) is 52.0 Å². The quantitative estimate of drug-likeness (QED) is 0.641. The van der Waals surface area contributed by atoms with Crippen LogP contribution in [0.5, 0.6) is 0 Å². The summed E-state index contributed by atoms with van der Waals surface area (Å²) >= 11 is 0. The Labute approximate surface area is 174 Å². The zero-order chi connectivity index (χ0) is 19.8. The fourth-order valence-electron chi connectivity index (χ4n) is 2.25. The van der Waals surface area contributed by atoms with Gasteiger partial charge in [-0.1, -0.05) is 70.2 Å². The molecular weight excluding hydrogens is 423 g/mol. The number of benzene rings is 2. The number of para-hydroxylation sites is 1. The maximum atomic E-state index is 11.0. The van der Waals surface area contributed by atoms with Gasteiger partial charge in [-0.15, -0.1) is 5.69 Å². The zero-order valence-corrected chi connectivity index (χ0v) is 18.9. The molecule has 0 saturated carbocycles. The van der Waals surface area contributed by atoms with E-state index in [1.54, 1.807) is 24.3 Å². The van der Waals surface area contributed by atoms with E-state index in [-0.39, 0.29) is 30.1 Å². The van der Waals surface area contributed by atoms with Crippen LogP contribution in [-0.4, -0.2) is 16.8 Å². The number of hydrogen-bond acceptors (Lipinski definition) is 4. The molecule has 0 amide bonds. The van der Waals surface area contributed by atoms with Gasteiger partial charge in [0, 0.05) is 18.6 Å². The molecule has 6 nitrogen and oxygen atoms in total. The Kier molecular flexibility index (Phi) is 10.8. The molecule has 0 spiro atoms. The summed E-state index contributed by atoms with van der Waals surface area (Å²) in [6, 6.07) is 14.3. The summed E-state index contributed by atoms with van der Waals surface area (Å²) < 4.78 is 49.8. The minimum Gasteiger partial charge on any atom is -0.576 e. The van der Waals surface area contributed by atoms with Crippen molar-refractivity contribution in [1.29, 1.82) is 0 Å². The number of rotatable bonds is 0. The van der Waals surface area contributed by atoms with E-state index in [9.17, 15) is 16.8 Å². The van der Waals surface area contributed by atoms with Crippen LogP contribution >= 0.6 is 0 Å². The van der Waals surface area contributed by atoms with E-state index in [4.69, 9.17) is 0 Å². The molecule has 2 heterocycles. The Hall–Kier alpha value is -1.48. The Morgan fingerprint density at radius 3 is 1.85 bits per heavy atom. The van der Waals surface area contributed by atoms with Crippen LogP contribution in [0.15, 0.2) is 48.5 Å². The first-order chi connectivity index (χ1) is 12.3. The standard InChI is InChI=1S/C7H7NO2S.C7H6NO2S.2C2H6.V/c2*9-11(10)5-6-3-1-2-4-7(6)8-11;2*1-2;/h1-4,8H,5H2;1-4H,5H2;2*1-2H3;/q;-1;;;. The molecule has 27 heavy (non-hydrogen) atoms. The van der Waals surface area contributed by atoms with Gasteiger partial charge in [0.25, 0.3) is 0 Å². The molecule has 2 aromatic rings. The molecule has 2 aliphatic rings. The van der Waals surface area contributed by atoms with Crippen molar-refractivity contribution >= 4 is 31.4 Å². The van der Waals surface area contributed by atoms with E-state index in [0.29, 0.717) is 11.4 Å². The van der Waals surface area contributed by atoms with Crippen LogP contribution in [0.1, 0.15) is 38.8 Å². The minimum atomic E-state index is -3.18. The van der Waals surface area contributed by atoms with Crippen molar-refractivity contribution in [1.82, 2.24) is 0 Å². The van der Waals surface area contributed by atoms with Crippen molar-refractivity contribution in [3.63, 3.8) is 0 Å². The number of nitrogens with zero attached hydrogens (tertiary/aromatic N) is 1. The molecule has 0 atom stereocenters. The zero-order valence-electron chi connectivity index (χ0n) is 15.9. The molecular formula is C18H25N2O4S2V-. The minimum absolute atomic E-state index is 0. The average Bonchev–Trinajstić information content (AvgIpc) is 3.11. The molecule has 2 aliphatic heterocycles. The van der Waals surface area contributed by atoms with E-state index in [1.165, 1.54) is 0 Å². The first-order valence-corrected chi connectivity index (χ1v) is 11.7. The van der Waals surface area contributed by atoms with Crippen LogP contribution in [0, 0.1) is 0 Å². The summed E-state index contributed by atoms with van der Waals surface area (Å²) in [6.07, 6.45) is 0. The van der Waals surface area contributed by atoms with Crippen molar-refractivity contribution in [3.8, 4) is 0 Å². The van der Waals surface area contributed by atoms with Gasteiger partial charge in [-0.3, -0.25) is 4.72 Å². The summed E-state index contributed by atoms with van der Waals surface area (Å²) in [6.45, 7) is 8.00. The summed E-state index contributed by atoms with van der Waals surface area (Å²) in [5, 5.41) is 0. The number of nitrogens with one attached hydrogen (secondary N) is 1. The van der Waals surface area contributed by atoms with Gasteiger partial charge < -0.3 is 4.72 Å². The first kappa shape index (κ1) is 25.5. The van der Waals surface area contributed by atoms with Crippen molar-refractivity contribution in [3.05, 3.63) is 64.4 Å². The summed E-state index contributed by atoms with van der Waals surface area (Å²) in [5.74, 6) is 0.173. The normalized spacial score (nSPS) is 15.9. The summed E-state index contributed by atoms with van der Waals surface area (Å²) in [5.41, 5.74) is 2.96. The molecule has 0 aromatic heterocycles. The van der Waals surface area contributed by atoms with E-state index < -0.39 is 20.0 Å². The second-order valence-corrected chi connectivity index (χ2v) is 8.32. The van der Waals surface area contributed by atoms with Crippen LogP contribution in [0.25, 0.3) is 4.72 Å². The number of fused-ring (bicyclic) bond motifs is 2. The molecule has 9 heteroatoms. The molecule has 0 fully saturated rings. The SMILES string of the molecule is CC.CC.O=S1(=O)Cc2ccccc2N1.O=S1(=O)Cc2ccccc2[N-]1.[V]. The van der Waals surface area contributed by atoms with Crippen LogP contribution in [0.3, 0.4) is 0 Å². The molecule has 2 aromatic carbocycles. The van der Waals surface area contributed by atoms with Crippen molar-refractivity contribution in [2.75, 3.05) is 4.72 Å². The van der Waals surface area contributed by atoms with Crippen LogP contribution < -0.4 is 4.72 Å². The maximum Gasteiger partial charge on any atom is 0.237 e. The van der Waals surface area contributed by atoms with Gasteiger partial charge in [-0.2, -0.15) is 0 Å². The second-order valence-electron chi connectivity index (χ2n) is 4.96. The Bertz CT molecular complexity index is 790. The monoisotopic (exact) mass is 448 g/mol. The topological polar surface area (TPSA) is 94.4 Å². The van der Waals surface area contributed by atoms with Crippen molar-refractivity contribution < 1.29 is 35.4 Å². The average molecular weight is 448 g/mol. The number of anilines is 1. The maximum absolute atomic E-state index is 11.0. The van der Waals surface area contributed by atoms with Gasteiger partial charge in [0.15, 0.2) is 0 Å². The predicted octanol–water partition coefficient (Wildman–Crippen LogP) is 4.53. The first-order valence-electron chi connectivity index (χ1n) is 8.47. The molecule has 1 radical (unpaired) electrons. The van der Waals surface area contributed by atoms with Gasteiger partial charge in [-0.25, -0.2) is 16.8 Å². The third-order valence-electron chi connectivity index (χ3n) is 3.20. The van der Waals surface area contributed by atoms with E-state index >= 15 is 0 Å². The predicted molar refractivity (Wildman–Crippen MR) is 107 cm³/mol. The van der Waals surface area contributed by atoms with Crippen molar-refractivity contribution in [2.45, 2.75) is 39.2 Å². The summed E-state index contributed by atoms with van der Waals surface area (Å²) in [7, 11) is -6.24. The van der Waals surface area contributed by atoms with Gasteiger partial charge in [0.2, 0.25) is 10.0 Å². The molecule has 0 saturated heterocycles. The molecule has 1 N–H and O–H groups in total. The molecule has 149 valence electrons.